The predicted octanol–water partition coefficient (Wildman–Crippen LogP) is 1.78. The zero-order valence-corrected chi connectivity index (χ0v) is 12.9. The van der Waals surface area contributed by atoms with Crippen LogP contribution in [-0.4, -0.2) is 54.0 Å². The lowest BCUT2D eigenvalue weighted by Gasteiger charge is -2.31. The van der Waals surface area contributed by atoms with E-state index in [1.54, 1.807) is 6.92 Å². The van der Waals surface area contributed by atoms with Gasteiger partial charge in [-0.25, -0.2) is 0 Å². The minimum atomic E-state index is -0.0186. The van der Waals surface area contributed by atoms with E-state index >= 15 is 0 Å². The SMILES string of the molecule is Cc1oncc1C(=O)N1CCOC2CCC1C2OCC1CC1. The maximum atomic E-state index is 12.8. The molecule has 1 saturated heterocycles. The fraction of sp³-hybridized carbons (Fsp3) is 0.750. The highest BCUT2D eigenvalue weighted by atomic mass is 16.5. The van der Waals surface area contributed by atoms with Gasteiger partial charge in [0, 0.05) is 13.2 Å². The molecular formula is C16H22N2O4. The second kappa shape index (κ2) is 5.66. The molecule has 6 nitrogen and oxygen atoms in total. The van der Waals surface area contributed by atoms with Crippen LogP contribution in [0, 0.1) is 12.8 Å². The molecule has 4 rings (SSSR count). The van der Waals surface area contributed by atoms with Crippen LogP contribution in [0.15, 0.2) is 10.7 Å². The quantitative estimate of drug-likeness (QED) is 0.848. The van der Waals surface area contributed by atoms with E-state index in [1.807, 2.05) is 4.90 Å². The van der Waals surface area contributed by atoms with Gasteiger partial charge in [0.1, 0.15) is 17.4 Å². The summed E-state index contributed by atoms with van der Waals surface area (Å²) in [5, 5.41) is 3.72. The molecule has 2 aliphatic carbocycles. The molecule has 2 saturated carbocycles. The van der Waals surface area contributed by atoms with E-state index in [4.69, 9.17) is 14.0 Å². The van der Waals surface area contributed by atoms with Crippen molar-refractivity contribution < 1.29 is 18.8 Å². The Labute approximate surface area is 129 Å². The Hall–Kier alpha value is -1.40. The van der Waals surface area contributed by atoms with Crippen LogP contribution in [0.1, 0.15) is 41.8 Å². The number of amides is 1. The molecule has 6 heteroatoms. The first kappa shape index (κ1) is 14.2. The Balaban J connectivity index is 1.53. The summed E-state index contributed by atoms with van der Waals surface area (Å²) in [5.74, 6) is 1.27. The Morgan fingerprint density at radius 1 is 1.41 bits per heavy atom. The molecule has 1 aliphatic heterocycles. The molecule has 0 spiro atoms. The minimum absolute atomic E-state index is 0.00668. The standard InChI is InChI=1S/C16H22N2O4/c1-10-12(8-17-22-10)16(19)18-6-7-20-14-5-4-13(18)15(14)21-9-11-2-3-11/h8,11,13-15H,2-7,9H2,1H3. The number of ether oxygens (including phenoxy) is 2. The van der Waals surface area contributed by atoms with Gasteiger partial charge in [-0.2, -0.15) is 0 Å². The van der Waals surface area contributed by atoms with Crippen LogP contribution < -0.4 is 0 Å². The van der Waals surface area contributed by atoms with Crippen molar-refractivity contribution in [3.8, 4) is 0 Å². The number of carbonyl (C=O) groups is 1. The summed E-state index contributed by atoms with van der Waals surface area (Å²) in [4.78, 5) is 14.7. The van der Waals surface area contributed by atoms with Crippen LogP contribution in [-0.2, 0) is 9.47 Å². The van der Waals surface area contributed by atoms with E-state index in [2.05, 4.69) is 5.16 Å². The van der Waals surface area contributed by atoms with Gasteiger partial charge in [0.05, 0.1) is 24.9 Å². The maximum absolute atomic E-state index is 12.8. The highest BCUT2D eigenvalue weighted by Crippen LogP contribution is 2.36. The fourth-order valence-electron chi connectivity index (χ4n) is 3.55. The van der Waals surface area contributed by atoms with Crippen LogP contribution in [0.3, 0.4) is 0 Å². The molecule has 1 aromatic heterocycles. The number of nitrogens with zero attached hydrogens (tertiary/aromatic N) is 2. The molecule has 0 N–H and O–H groups in total. The number of hydrogen-bond acceptors (Lipinski definition) is 5. The first-order chi connectivity index (χ1) is 10.7. The van der Waals surface area contributed by atoms with Crippen molar-refractivity contribution in [2.45, 2.75) is 50.9 Å². The van der Waals surface area contributed by atoms with Gasteiger partial charge in [-0.05, 0) is 38.5 Å². The molecule has 120 valence electrons. The third-order valence-corrected chi connectivity index (χ3v) is 5.02. The predicted molar refractivity (Wildman–Crippen MR) is 77.5 cm³/mol. The molecule has 1 aromatic rings. The summed E-state index contributed by atoms with van der Waals surface area (Å²) in [5.41, 5.74) is 0.547. The summed E-state index contributed by atoms with van der Waals surface area (Å²) in [7, 11) is 0. The second-order valence-electron chi connectivity index (χ2n) is 6.59. The molecule has 2 heterocycles. The number of aryl methyl sites for hydroxylation is 1. The number of hydrogen-bond donors (Lipinski definition) is 0. The normalized spacial score (nSPS) is 31.3. The van der Waals surface area contributed by atoms with Crippen molar-refractivity contribution in [3.63, 3.8) is 0 Å². The van der Waals surface area contributed by atoms with Crippen molar-refractivity contribution in [1.29, 1.82) is 0 Å². The zero-order valence-electron chi connectivity index (χ0n) is 12.9. The van der Waals surface area contributed by atoms with Crippen molar-refractivity contribution in [3.05, 3.63) is 17.5 Å². The molecule has 3 fully saturated rings. The van der Waals surface area contributed by atoms with E-state index in [-0.39, 0.29) is 24.2 Å². The van der Waals surface area contributed by atoms with E-state index in [0.29, 0.717) is 30.4 Å². The van der Waals surface area contributed by atoms with Gasteiger partial charge in [-0.1, -0.05) is 5.16 Å². The highest BCUT2D eigenvalue weighted by molar-refractivity contribution is 5.95. The molecule has 1 amide bonds. The molecule has 2 bridgehead atoms. The maximum Gasteiger partial charge on any atom is 0.259 e. The van der Waals surface area contributed by atoms with Crippen molar-refractivity contribution in [1.82, 2.24) is 10.1 Å². The minimum Gasteiger partial charge on any atom is -0.374 e. The lowest BCUT2D eigenvalue weighted by molar-refractivity contribution is -0.0556. The number of fused-ring (bicyclic) bond motifs is 2. The van der Waals surface area contributed by atoms with E-state index in [1.165, 1.54) is 19.0 Å². The molecule has 3 unspecified atom stereocenters. The van der Waals surface area contributed by atoms with Crippen molar-refractivity contribution >= 4 is 5.91 Å². The Morgan fingerprint density at radius 3 is 3.00 bits per heavy atom. The summed E-state index contributed by atoms with van der Waals surface area (Å²) in [6, 6.07) is 0.105. The summed E-state index contributed by atoms with van der Waals surface area (Å²) in [6.07, 6.45) is 6.09. The lowest BCUT2D eigenvalue weighted by atomic mass is 10.1. The lowest BCUT2D eigenvalue weighted by Crippen LogP contribution is -2.46. The second-order valence-corrected chi connectivity index (χ2v) is 6.59. The monoisotopic (exact) mass is 306 g/mol. The molecular weight excluding hydrogens is 284 g/mol. The average Bonchev–Trinajstić information content (AvgIpc) is 3.13. The summed E-state index contributed by atoms with van der Waals surface area (Å²) < 4.78 is 17.1. The van der Waals surface area contributed by atoms with Gasteiger partial charge >= 0.3 is 0 Å². The number of rotatable bonds is 4. The van der Waals surface area contributed by atoms with Gasteiger partial charge in [0.25, 0.3) is 5.91 Å². The Morgan fingerprint density at radius 2 is 2.27 bits per heavy atom. The van der Waals surface area contributed by atoms with Gasteiger partial charge < -0.3 is 18.9 Å². The number of aromatic nitrogens is 1. The van der Waals surface area contributed by atoms with Gasteiger partial charge in [-0.15, -0.1) is 0 Å². The van der Waals surface area contributed by atoms with Crippen LogP contribution in [0.25, 0.3) is 0 Å². The third-order valence-electron chi connectivity index (χ3n) is 5.02. The molecule has 0 aromatic carbocycles. The number of carbonyl (C=O) groups excluding carboxylic acids is 1. The average molecular weight is 306 g/mol. The molecule has 0 radical (unpaired) electrons. The first-order valence-electron chi connectivity index (χ1n) is 8.19. The highest BCUT2D eigenvalue weighted by Gasteiger charge is 2.45. The first-order valence-corrected chi connectivity index (χ1v) is 8.19. The van der Waals surface area contributed by atoms with Gasteiger partial charge in [-0.3, -0.25) is 4.79 Å². The van der Waals surface area contributed by atoms with E-state index < -0.39 is 0 Å². The molecule has 3 aliphatic rings. The fourth-order valence-corrected chi connectivity index (χ4v) is 3.55. The van der Waals surface area contributed by atoms with E-state index in [9.17, 15) is 4.79 Å². The van der Waals surface area contributed by atoms with Crippen LogP contribution in [0.2, 0.25) is 0 Å². The summed E-state index contributed by atoms with van der Waals surface area (Å²) >= 11 is 0. The van der Waals surface area contributed by atoms with Crippen LogP contribution in [0.5, 0.6) is 0 Å². The van der Waals surface area contributed by atoms with Crippen LogP contribution in [0.4, 0.5) is 0 Å². The third kappa shape index (κ3) is 2.54. The topological polar surface area (TPSA) is 64.8 Å². The van der Waals surface area contributed by atoms with Crippen molar-refractivity contribution in [2.24, 2.45) is 5.92 Å². The summed E-state index contributed by atoms with van der Waals surface area (Å²) in [6.45, 7) is 3.75. The van der Waals surface area contributed by atoms with E-state index in [0.717, 1.165) is 19.4 Å². The Kier molecular flexibility index (Phi) is 3.66. The Bertz CT molecular complexity index is 554. The molecule has 3 atom stereocenters. The smallest absolute Gasteiger partial charge is 0.259 e. The van der Waals surface area contributed by atoms with Crippen LogP contribution >= 0.6 is 0 Å². The van der Waals surface area contributed by atoms with Crippen molar-refractivity contribution in [2.75, 3.05) is 19.8 Å². The zero-order chi connectivity index (χ0) is 15.1. The van der Waals surface area contributed by atoms with Gasteiger partial charge in [0.15, 0.2) is 0 Å². The largest absolute Gasteiger partial charge is 0.374 e. The van der Waals surface area contributed by atoms with Gasteiger partial charge in [0.2, 0.25) is 0 Å². The molecule has 22 heavy (non-hydrogen) atoms.